The first kappa shape index (κ1) is 14.1. The van der Waals surface area contributed by atoms with Crippen LogP contribution in [0.1, 0.15) is 12.5 Å². The van der Waals surface area contributed by atoms with Crippen LogP contribution in [0.3, 0.4) is 0 Å². The van der Waals surface area contributed by atoms with Crippen LogP contribution in [-0.4, -0.2) is 12.6 Å². The van der Waals surface area contributed by atoms with E-state index in [1.165, 1.54) is 0 Å². The molecule has 0 saturated carbocycles. The lowest BCUT2D eigenvalue weighted by molar-refractivity contribution is -0.138. The Bertz CT molecular complexity index is 501. The predicted octanol–water partition coefficient (Wildman–Crippen LogP) is 2.64. The van der Waals surface area contributed by atoms with E-state index in [0.29, 0.717) is 0 Å². The molecule has 0 amide bonds. The van der Waals surface area contributed by atoms with Crippen LogP contribution in [0.4, 0.5) is 5.69 Å². The maximum absolute atomic E-state index is 11.5. The lowest BCUT2D eigenvalue weighted by Crippen LogP contribution is -2.10. The first-order valence-electron chi connectivity index (χ1n) is 5.42. The summed E-state index contributed by atoms with van der Waals surface area (Å²) in [4.78, 5) is 11.5. The monoisotopic (exact) mass is 262 g/mol. The van der Waals surface area contributed by atoms with Crippen molar-refractivity contribution < 1.29 is 9.53 Å². The third kappa shape index (κ3) is 3.82. The fourth-order valence-electron chi connectivity index (χ4n) is 1.23. The maximum Gasteiger partial charge on any atom is 0.351 e. The van der Waals surface area contributed by atoms with Crippen LogP contribution in [0, 0.1) is 18.3 Å². The summed E-state index contributed by atoms with van der Waals surface area (Å²) in [6.45, 7) is 3.87. The van der Waals surface area contributed by atoms with Gasteiger partial charge in [0.15, 0.2) is 5.57 Å². The van der Waals surface area contributed by atoms with Crippen molar-refractivity contribution >= 4 is 24.3 Å². The van der Waals surface area contributed by atoms with Crippen molar-refractivity contribution in [2.24, 2.45) is 0 Å². The van der Waals surface area contributed by atoms with E-state index in [1.807, 2.05) is 31.2 Å². The van der Waals surface area contributed by atoms with E-state index in [9.17, 15) is 4.79 Å². The Morgan fingerprint density at radius 1 is 1.44 bits per heavy atom. The van der Waals surface area contributed by atoms with Crippen molar-refractivity contribution in [3.05, 3.63) is 40.4 Å². The van der Waals surface area contributed by atoms with E-state index in [2.05, 4.69) is 17.9 Å². The molecule has 94 valence electrons. The summed E-state index contributed by atoms with van der Waals surface area (Å²) in [6, 6.07) is 9.30. The molecule has 0 aliphatic rings. The largest absolute Gasteiger partial charge is 0.462 e. The second-order valence-corrected chi connectivity index (χ2v) is 3.99. The third-order valence-corrected chi connectivity index (χ3v) is 2.48. The van der Waals surface area contributed by atoms with Gasteiger partial charge in [-0.25, -0.2) is 4.79 Å². The zero-order chi connectivity index (χ0) is 13.5. The van der Waals surface area contributed by atoms with Crippen molar-refractivity contribution in [2.45, 2.75) is 13.8 Å². The fourth-order valence-corrected chi connectivity index (χ4v) is 1.51. The molecule has 0 spiro atoms. The van der Waals surface area contributed by atoms with Gasteiger partial charge in [-0.3, -0.25) is 0 Å². The molecular formula is C13H14N2O2S. The number of hydrogen-bond donors (Lipinski definition) is 2. The molecule has 1 aromatic rings. The zero-order valence-corrected chi connectivity index (χ0v) is 11.1. The van der Waals surface area contributed by atoms with E-state index >= 15 is 0 Å². The van der Waals surface area contributed by atoms with Gasteiger partial charge < -0.3 is 10.1 Å². The number of nitrogens with zero attached hydrogens (tertiary/aromatic N) is 1. The topological polar surface area (TPSA) is 62.1 Å². The molecule has 0 heterocycles. The Balaban J connectivity index is 2.90. The number of carbonyl (C=O) groups excluding carboxylic acids is 1. The minimum atomic E-state index is -0.676. The molecule has 0 bridgehead atoms. The highest BCUT2D eigenvalue weighted by Crippen LogP contribution is 2.16. The fraction of sp³-hybridized carbons (Fsp3) is 0.231. The van der Waals surface area contributed by atoms with Gasteiger partial charge in [0, 0.05) is 5.69 Å². The number of thiol groups is 1. The van der Waals surface area contributed by atoms with E-state index in [4.69, 9.17) is 10.00 Å². The van der Waals surface area contributed by atoms with Crippen molar-refractivity contribution in [3.8, 4) is 6.07 Å². The Labute approximate surface area is 112 Å². The van der Waals surface area contributed by atoms with Gasteiger partial charge in [0.2, 0.25) is 0 Å². The molecule has 0 fully saturated rings. The summed E-state index contributed by atoms with van der Waals surface area (Å²) >= 11 is 4.12. The van der Waals surface area contributed by atoms with Gasteiger partial charge in [-0.1, -0.05) is 17.7 Å². The lowest BCUT2D eigenvalue weighted by Gasteiger charge is -2.08. The third-order valence-electron chi connectivity index (χ3n) is 2.14. The van der Waals surface area contributed by atoms with Gasteiger partial charge in [0.1, 0.15) is 6.07 Å². The highest BCUT2D eigenvalue weighted by molar-refractivity contribution is 7.84. The summed E-state index contributed by atoms with van der Waals surface area (Å²) in [7, 11) is 0. The number of benzene rings is 1. The molecule has 0 saturated heterocycles. The Morgan fingerprint density at radius 3 is 2.56 bits per heavy atom. The van der Waals surface area contributed by atoms with Crippen LogP contribution in [0.15, 0.2) is 34.9 Å². The number of carbonyl (C=O) groups is 1. The Kier molecular flexibility index (Phi) is 5.28. The van der Waals surface area contributed by atoms with E-state index in [1.54, 1.807) is 13.0 Å². The normalized spacial score (nSPS) is 11.2. The van der Waals surface area contributed by atoms with Crippen LogP contribution < -0.4 is 5.32 Å². The smallest absolute Gasteiger partial charge is 0.351 e. The highest BCUT2D eigenvalue weighted by atomic mass is 32.1. The summed E-state index contributed by atoms with van der Waals surface area (Å²) in [5.74, 6) is -0.676. The van der Waals surface area contributed by atoms with Crippen LogP contribution in [0.2, 0.25) is 0 Å². The molecule has 5 heteroatoms. The average Bonchev–Trinajstić information content (AvgIpc) is 2.33. The first-order chi connectivity index (χ1) is 8.58. The van der Waals surface area contributed by atoms with Gasteiger partial charge in [-0.05, 0) is 26.0 Å². The van der Waals surface area contributed by atoms with Gasteiger partial charge in [-0.2, -0.15) is 5.26 Å². The van der Waals surface area contributed by atoms with E-state index in [0.717, 1.165) is 11.3 Å². The van der Waals surface area contributed by atoms with E-state index in [-0.39, 0.29) is 17.2 Å². The second kappa shape index (κ2) is 6.72. The quantitative estimate of drug-likeness (QED) is 0.379. The SMILES string of the molecule is CCOC(=O)/C(C#N)=C(\S)Nc1ccc(C)cc1. The van der Waals surface area contributed by atoms with Crippen LogP contribution in [0.5, 0.6) is 0 Å². The lowest BCUT2D eigenvalue weighted by atomic mass is 10.2. The van der Waals surface area contributed by atoms with Crippen molar-refractivity contribution in [1.29, 1.82) is 5.26 Å². The molecular weight excluding hydrogens is 248 g/mol. The molecule has 0 aromatic heterocycles. The summed E-state index contributed by atoms with van der Waals surface area (Å²) < 4.78 is 4.76. The number of hydrogen-bond acceptors (Lipinski definition) is 5. The van der Waals surface area contributed by atoms with Gasteiger partial charge in [-0.15, -0.1) is 12.6 Å². The van der Waals surface area contributed by atoms with Gasteiger partial charge in [0.25, 0.3) is 0 Å². The van der Waals surface area contributed by atoms with Crippen LogP contribution in [-0.2, 0) is 9.53 Å². The molecule has 1 aromatic carbocycles. The van der Waals surface area contributed by atoms with Gasteiger partial charge >= 0.3 is 5.97 Å². The summed E-state index contributed by atoms with van der Waals surface area (Å²) in [5, 5.41) is 12.0. The second-order valence-electron chi connectivity index (χ2n) is 3.55. The van der Waals surface area contributed by atoms with E-state index < -0.39 is 5.97 Å². The molecule has 1 N–H and O–H groups in total. The zero-order valence-electron chi connectivity index (χ0n) is 10.2. The minimum absolute atomic E-state index is 0.138. The standard InChI is InChI=1S/C13H14N2O2S/c1-3-17-13(16)11(8-14)12(18)15-10-6-4-9(2)5-7-10/h4-7,15,18H,3H2,1-2H3/b12-11-. The average molecular weight is 262 g/mol. The molecule has 0 aliphatic heterocycles. The summed E-state index contributed by atoms with van der Waals surface area (Å²) in [6.07, 6.45) is 0. The first-order valence-corrected chi connectivity index (χ1v) is 5.87. The van der Waals surface area contributed by atoms with Gasteiger partial charge in [0.05, 0.1) is 11.6 Å². The molecule has 0 unspecified atom stereocenters. The Morgan fingerprint density at radius 2 is 2.06 bits per heavy atom. The number of aryl methyl sites for hydroxylation is 1. The molecule has 0 atom stereocenters. The number of ether oxygens (including phenoxy) is 1. The highest BCUT2D eigenvalue weighted by Gasteiger charge is 2.14. The number of nitrogens with one attached hydrogen (secondary N) is 1. The molecule has 0 aliphatic carbocycles. The molecule has 1 rings (SSSR count). The van der Waals surface area contributed by atoms with Crippen molar-refractivity contribution in [1.82, 2.24) is 0 Å². The Hall–Kier alpha value is -1.93. The maximum atomic E-state index is 11.5. The predicted molar refractivity (Wildman–Crippen MR) is 73.1 cm³/mol. The molecule has 0 radical (unpaired) electrons. The van der Waals surface area contributed by atoms with Crippen LogP contribution in [0.25, 0.3) is 0 Å². The summed E-state index contributed by atoms with van der Waals surface area (Å²) in [5.41, 5.74) is 1.74. The number of anilines is 1. The van der Waals surface area contributed by atoms with Crippen LogP contribution >= 0.6 is 12.6 Å². The number of esters is 1. The van der Waals surface area contributed by atoms with Crippen molar-refractivity contribution in [2.75, 3.05) is 11.9 Å². The number of nitriles is 1. The number of rotatable bonds is 4. The molecule has 4 nitrogen and oxygen atoms in total. The minimum Gasteiger partial charge on any atom is -0.462 e. The molecule has 18 heavy (non-hydrogen) atoms. The van der Waals surface area contributed by atoms with Crippen molar-refractivity contribution in [3.63, 3.8) is 0 Å².